The van der Waals surface area contributed by atoms with E-state index in [2.05, 4.69) is 19.9 Å². The molecule has 4 aliphatic carbocycles. The summed E-state index contributed by atoms with van der Waals surface area (Å²) in [5, 5.41) is 20.3. The lowest BCUT2D eigenvalue weighted by Crippen LogP contribution is -2.59. The molecule has 4 rings (SSSR count). The van der Waals surface area contributed by atoms with Gasteiger partial charge in [0.2, 0.25) is 0 Å². The van der Waals surface area contributed by atoms with Gasteiger partial charge in [-0.15, -0.1) is 0 Å². The molecule has 0 radical (unpaired) electrons. The monoisotopic (exact) mass is 303 g/mol. The molecule has 0 aromatic rings. The number of aliphatic hydroxyl groups excluding tert-OH is 2. The first-order chi connectivity index (χ1) is 10.4. The molecule has 0 heterocycles. The Kier molecular flexibility index (Phi) is 3.01. The standard InChI is InChI=1S/C19H29NO2/c1-18-7-5-12(21)9-11(18)10-15(20)17-13-3-4-16(22)19(13,2)8-6-14(17)18/h4,9,11,13-15,17,21-22H,3,5-8,10,20H2,1-2H3/t11?,13-,14+,15?,17-,18-,19-/m0/s1. The molecular formula is C19H29NO2. The Morgan fingerprint density at radius 3 is 2.73 bits per heavy atom. The zero-order valence-corrected chi connectivity index (χ0v) is 13.8. The van der Waals surface area contributed by atoms with E-state index in [-0.39, 0.29) is 16.9 Å². The van der Waals surface area contributed by atoms with Crippen molar-refractivity contribution in [1.29, 1.82) is 0 Å². The number of rotatable bonds is 0. The molecule has 0 bridgehead atoms. The molecule has 3 nitrogen and oxygen atoms in total. The number of fused-ring (bicyclic) bond motifs is 5. The summed E-state index contributed by atoms with van der Waals surface area (Å²) in [6.07, 6.45) is 10.2. The van der Waals surface area contributed by atoms with Crippen molar-refractivity contribution in [2.45, 2.75) is 58.4 Å². The SMILES string of the molecule is C[C@]12CCC(O)=CC1CC(N)[C@@H]1[C@H]2CC[C@]2(C)C(O)=CC[C@@H]12. The van der Waals surface area contributed by atoms with Crippen LogP contribution in [0.1, 0.15) is 52.4 Å². The maximum atomic E-state index is 10.4. The molecule has 2 fully saturated rings. The van der Waals surface area contributed by atoms with Gasteiger partial charge in [0.25, 0.3) is 0 Å². The number of aliphatic hydroxyl groups is 2. The minimum Gasteiger partial charge on any atom is -0.513 e. The van der Waals surface area contributed by atoms with Gasteiger partial charge >= 0.3 is 0 Å². The summed E-state index contributed by atoms with van der Waals surface area (Å²) in [6, 6.07) is 0.189. The Balaban J connectivity index is 1.71. The third kappa shape index (κ3) is 1.72. The van der Waals surface area contributed by atoms with Gasteiger partial charge in [0.1, 0.15) is 0 Å². The number of nitrogens with two attached hydrogens (primary N) is 1. The van der Waals surface area contributed by atoms with E-state index >= 15 is 0 Å². The first-order valence-electron chi connectivity index (χ1n) is 8.91. The average Bonchev–Trinajstić information content (AvgIpc) is 2.77. The Bertz CT molecular complexity index is 554. The van der Waals surface area contributed by atoms with E-state index in [9.17, 15) is 10.2 Å². The average molecular weight is 303 g/mol. The lowest BCUT2D eigenvalue weighted by molar-refractivity contribution is -0.0949. The van der Waals surface area contributed by atoms with Crippen LogP contribution in [0.5, 0.6) is 0 Å². The fraction of sp³-hybridized carbons (Fsp3) is 0.789. The van der Waals surface area contributed by atoms with Gasteiger partial charge in [-0.1, -0.05) is 13.8 Å². The molecule has 4 aliphatic rings. The summed E-state index contributed by atoms with van der Waals surface area (Å²) in [4.78, 5) is 0. The van der Waals surface area contributed by atoms with Crippen LogP contribution < -0.4 is 5.73 Å². The molecule has 22 heavy (non-hydrogen) atoms. The minimum absolute atomic E-state index is 0.0470. The van der Waals surface area contributed by atoms with Crippen molar-refractivity contribution in [1.82, 2.24) is 0 Å². The van der Waals surface area contributed by atoms with Crippen molar-refractivity contribution in [3.63, 3.8) is 0 Å². The zero-order valence-electron chi connectivity index (χ0n) is 13.8. The molecule has 0 aromatic heterocycles. The summed E-state index contributed by atoms with van der Waals surface area (Å²) in [6.45, 7) is 4.66. The van der Waals surface area contributed by atoms with Gasteiger partial charge in [-0.05, 0) is 73.3 Å². The first-order valence-corrected chi connectivity index (χ1v) is 8.91. The van der Waals surface area contributed by atoms with Gasteiger partial charge in [0.05, 0.1) is 11.5 Å². The van der Waals surface area contributed by atoms with Crippen LogP contribution in [0, 0.1) is 34.5 Å². The summed E-state index contributed by atoms with van der Waals surface area (Å²) in [7, 11) is 0. The van der Waals surface area contributed by atoms with E-state index in [1.54, 1.807) is 0 Å². The highest BCUT2D eigenvalue weighted by molar-refractivity contribution is 5.23. The molecular weight excluding hydrogens is 274 g/mol. The molecule has 0 aromatic carbocycles. The summed E-state index contributed by atoms with van der Waals surface area (Å²) < 4.78 is 0. The van der Waals surface area contributed by atoms with Gasteiger partial charge < -0.3 is 15.9 Å². The van der Waals surface area contributed by atoms with Crippen LogP contribution >= 0.6 is 0 Å². The van der Waals surface area contributed by atoms with Crippen LogP contribution in [0.15, 0.2) is 23.7 Å². The second kappa shape index (κ2) is 4.53. The number of allylic oxidation sites excluding steroid dienone is 4. The molecule has 2 unspecified atom stereocenters. The third-order valence-electron chi connectivity index (χ3n) is 7.90. The van der Waals surface area contributed by atoms with Crippen molar-refractivity contribution in [3.8, 4) is 0 Å². The van der Waals surface area contributed by atoms with Crippen molar-refractivity contribution < 1.29 is 10.2 Å². The van der Waals surface area contributed by atoms with Gasteiger partial charge in [0.15, 0.2) is 0 Å². The second-order valence-corrected chi connectivity index (χ2v) is 8.74. The Morgan fingerprint density at radius 1 is 1.18 bits per heavy atom. The topological polar surface area (TPSA) is 66.5 Å². The molecule has 0 aliphatic heterocycles. The van der Waals surface area contributed by atoms with Crippen molar-refractivity contribution in [3.05, 3.63) is 23.7 Å². The summed E-state index contributed by atoms with van der Waals surface area (Å²) >= 11 is 0. The molecule has 122 valence electrons. The Morgan fingerprint density at radius 2 is 1.95 bits per heavy atom. The van der Waals surface area contributed by atoms with Crippen LogP contribution in [0.2, 0.25) is 0 Å². The van der Waals surface area contributed by atoms with Crippen LogP contribution in [-0.4, -0.2) is 16.3 Å². The van der Waals surface area contributed by atoms with E-state index in [4.69, 9.17) is 5.73 Å². The quantitative estimate of drug-likeness (QED) is 0.632. The molecule has 0 spiro atoms. The number of hydrogen-bond donors (Lipinski definition) is 3. The van der Waals surface area contributed by atoms with Crippen molar-refractivity contribution in [2.24, 2.45) is 40.2 Å². The maximum absolute atomic E-state index is 10.4. The van der Waals surface area contributed by atoms with Gasteiger partial charge in [-0.25, -0.2) is 0 Å². The minimum atomic E-state index is -0.0470. The van der Waals surface area contributed by atoms with Crippen LogP contribution in [0.25, 0.3) is 0 Å². The Hall–Kier alpha value is -0.960. The van der Waals surface area contributed by atoms with Gasteiger partial charge in [-0.3, -0.25) is 0 Å². The van der Waals surface area contributed by atoms with Crippen LogP contribution in [0.4, 0.5) is 0 Å². The molecule has 4 N–H and O–H groups in total. The van der Waals surface area contributed by atoms with E-state index in [1.165, 1.54) is 0 Å². The molecule has 3 heteroatoms. The van der Waals surface area contributed by atoms with Crippen LogP contribution in [-0.2, 0) is 0 Å². The largest absolute Gasteiger partial charge is 0.513 e. The number of hydrogen-bond acceptors (Lipinski definition) is 3. The smallest absolute Gasteiger partial charge is 0.0944 e. The highest BCUT2D eigenvalue weighted by Gasteiger charge is 2.60. The first kappa shape index (κ1) is 14.6. The molecule has 0 amide bonds. The molecule has 0 saturated heterocycles. The molecule has 2 saturated carbocycles. The second-order valence-electron chi connectivity index (χ2n) is 8.74. The van der Waals surface area contributed by atoms with E-state index in [1.807, 2.05) is 6.08 Å². The van der Waals surface area contributed by atoms with Crippen molar-refractivity contribution in [2.75, 3.05) is 0 Å². The van der Waals surface area contributed by atoms with E-state index in [0.717, 1.165) is 38.5 Å². The predicted molar refractivity (Wildman–Crippen MR) is 87.3 cm³/mol. The fourth-order valence-electron chi connectivity index (χ4n) is 6.45. The summed E-state index contributed by atoms with van der Waals surface area (Å²) in [5.74, 6) is 3.23. The third-order valence-corrected chi connectivity index (χ3v) is 7.90. The van der Waals surface area contributed by atoms with E-state index < -0.39 is 0 Å². The van der Waals surface area contributed by atoms with Gasteiger partial charge in [-0.2, -0.15) is 0 Å². The lowest BCUT2D eigenvalue weighted by Gasteiger charge is -2.60. The van der Waals surface area contributed by atoms with Crippen molar-refractivity contribution >= 4 is 0 Å². The normalized spacial score (nSPS) is 53.9. The maximum Gasteiger partial charge on any atom is 0.0944 e. The van der Waals surface area contributed by atoms with Crippen LogP contribution in [0.3, 0.4) is 0 Å². The van der Waals surface area contributed by atoms with Gasteiger partial charge in [0, 0.05) is 17.9 Å². The predicted octanol–water partition coefficient (Wildman–Crippen LogP) is 4.07. The highest BCUT2D eigenvalue weighted by atomic mass is 16.3. The fourth-order valence-corrected chi connectivity index (χ4v) is 6.45. The highest BCUT2D eigenvalue weighted by Crippen LogP contribution is 2.65. The molecule has 7 atom stereocenters. The Labute approximate surface area is 133 Å². The van der Waals surface area contributed by atoms with E-state index in [0.29, 0.717) is 35.2 Å². The lowest BCUT2D eigenvalue weighted by atomic mass is 9.45. The zero-order chi connectivity index (χ0) is 15.7. The summed E-state index contributed by atoms with van der Waals surface area (Å²) in [5.41, 5.74) is 6.87.